The second kappa shape index (κ2) is 8.13. The zero-order chi connectivity index (χ0) is 21.1. The van der Waals surface area contributed by atoms with Crippen LogP contribution in [0.25, 0.3) is 16.9 Å². The zero-order valence-electron chi connectivity index (χ0n) is 16.3. The van der Waals surface area contributed by atoms with E-state index in [2.05, 4.69) is 20.0 Å². The fourth-order valence-electron chi connectivity index (χ4n) is 3.14. The predicted molar refractivity (Wildman–Crippen MR) is 115 cm³/mol. The summed E-state index contributed by atoms with van der Waals surface area (Å²) < 4.78 is 28.5. The topological polar surface area (TPSA) is 109 Å². The fourth-order valence-corrected chi connectivity index (χ4v) is 4.18. The van der Waals surface area contributed by atoms with Crippen molar-refractivity contribution in [1.82, 2.24) is 19.1 Å². The molecule has 4 aromatic rings. The first-order valence-corrected chi connectivity index (χ1v) is 10.9. The number of fused-ring (bicyclic) bond motifs is 1. The summed E-state index contributed by atoms with van der Waals surface area (Å²) in [6, 6.07) is 13.6. The Bertz CT molecular complexity index is 1270. The van der Waals surface area contributed by atoms with E-state index in [-0.39, 0.29) is 10.6 Å². The van der Waals surface area contributed by atoms with Crippen LogP contribution in [0.4, 0.5) is 5.82 Å². The first-order chi connectivity index (χ1) is 14.5. The van der Waals surface area contributed by atoms with Crippen molar-refractivity contribution in [2.24, 2.45) is 0 Å². The van der Waals surface area contributed by atoms with Crippen LogP contribution in [0.2, 0.25) is 0 Å². The molecule has 0 aliphatic heterocycles. The van der Waals surface area contributed by atoms with Crippen molar-refractivity contribution in [3.8, 4) is 17.0 Å². The summed E-state index contributed by atoms with van der Waals surface area (Å²) in [6.45, 7) is 2.56. The highest BCUT2D eigenvalue weighted by Crippen LogP contribution is 2.25. The maximum absolute atomic E-state index is 12.0. The molecule has 2 aromatic heterocycles. The SMILES string of the molecule is CCNS(=O)(=O)c1ccc(CNc2nccn3c(-c4ccc(O)cc4)cnc23)cc1. The number of phenols is 1. The molecular formula is C21H21N5O3S. The highest BCUT2D eigenvalue weighted by atomic mass is 32.2. The maximum atomic E-state index is 12.0. The number of benzene rings is 2. The highest BCUT2D eigenvalue weighted by molar-refractivity contribution is 7.89. The molecule has 154 valence electrons. The van der Waals surface area contributed by atoms with Crippen LogP contribution in [-0.2, 0) is 16.6 Å². The van der Waals surface area contributed by atoms with Crippen molar-refractivity contribution >= 4 is 21.5 Å². The Balaban J connectivity index is 1.54. The van der Waals surface area contributed by atoms with Crippen molar-refractivity contribution in [3.05, 3.63) is 72.7 Å². The Morgan fingerprint density at radius 1 is 1.03 bits per heavy atom. The van der Waals surface area contributed by atoms with E-state index in [1.807, 2.05) is 22.7 Å². The third-order valence-electron chi connectivity index (χ3n) is 4.62. The second-order valence-electron chi connectivity index (χ2n) is 6.66. The smallest absolute Gasteiger partial charge is 0.240 e. The number of imidazole rings is 1. The summed E-state index contributed by atoms with van der Waals surface area (Å²) in [5, 5.41) is 12.8. The number of hydrogen-bond acceptors (Lipinski definition) is 6. The molecule has 0 amide bonds. The van der Waals surface area contributed by atoms with Gasteiger partial charge in [0.25, 0.3) is 0 Å². The van der Waals surface area contributed by atoms with Gasteiger partial charge in [-0.15, -0.1) is 0 Å². The van der Waals surface area contributed by atoms with Crippen LogP contribution in [0.1, 0.15) is 12.5 Å². The maximum Gasteiger partial charge on any atom is 0.240 e. The Labute approximate surface area is 174 Å². The summed E-state index contributed by atoms with van der Waals surface area (Å²) in [6.07, 6.45) is 5.28. The third kappa shape index (κ3) is 3.98. The van der Waals surface area contributed by atoms with Gasteiger partial charge >= 0.3 is 0 Å². The van der Waals surface area contributed by atoms with E-state index in [4.69, 9.17) is 0 Å². The molecule has 0 unspecified atom stereocenters. The lowest BCUT2D eigenvalue weighted by Gasteiger charge is -2.09. The third-order valence-corrected chi connectivity index (χ3v) is 6.18. The summed E-state index contributed by atoms with van der Waals surface area (Å²) in [4.78, 5) is 9.10. The molecule has 0 radical (unpaired) electrons. The molecule has 4 rings (SSSR count). The molecule has 0 saturated carbocycles. The average Bonchev–Trinajstić information content (AvgIpc) is 3.18. The van der Waals surface area contributed by atoms with Gasteiger partial charge in [-0.3, -0.25) is 4.40 Å². The van der Waals surface area contributed by atoms with Gasteiger partial charge in [0, 0.05) is 31.0 Å². The van der Waals surface area contributed by atoms with Gasteiger partial charge < -0.3 is 10.4 Å². The van der Waals surface area contributed by atoms with Crippen LogP contribution in [0.3, 0.4) is 0 Å². The van der Waals surface area contributed by atoms with E-state index in [0.29, 0.717) is 24.6 Å². The van der Waals surface area contributed by atoms with Crippen molar-refractivity contribution in [3.63, 3.8) is 0 Å². The molecule has 0 saturated heterocycles. The molecular weight excluding hydrogens is 402 g/mol. The van der Waals surface area contributed by atoms with E-state index in [9.17, 15) is 13.5 Å². The predicted octanol–water partition coefficient (Wildman–Crippen LogP) is 3.01. The van der Waals surface area contributed by atoms with Crippen molar-refractivity contribution in [2.45, 2.75) is 18.4 Å². The molecule has 0 aliphatic carbocycles. The molecule has 0 fully saturated rings. The van der Waals surface area contributed by atoms with E-state index < -0.39 is 10.0 Å². The van der Waals surface area contributed by atoms with Gasteiger partial charge in [0.05, 0.1) is 16.8 Å². The number of aromatic nitrogens is 3. The van der Waals surface area contributed by atoms with Crippen LogP contribution in [-0.4, -0.2) is 34.4 Å². The van der Waals surface area contributed by atoms with Crippen molar-refractivity contribution in [2.75, 3.05) is 11.9 Å². The number of phenolic OH excluding ortho intramolecular Hbond substituents is 1. The molecule has 0 atom stereocenters. The van der Waals surface area contributed by atoms with E-state index in [1.54, 1.807) is 55.7 Å². The van der Waals surface area contributed by atoms with Crippen LogP contribution < -0.4 is 10.0 Å². The number of anilines is 1. The van der Waals surface area contributed by atoms with Crippen molar-refractivity contribution in [1.29, 1.82) is 0 Å². The first kappa shape index (κ1) is 19.9. The Hall–Kier alpha value is -3.43. The lowest BCUT2D eigenvalue weighted by molar-refractivity contribution is 0.475. The molecule has 9 heteroatoms. The first-order valence-electron chi connectivity index (χ1n) is 9.42. The van der Waals surface area contributed by atoms with Crippen LogP contribution >= 0.6 is 0 Å². The van der Waals surface area contributed by atoms with E-state index in [0.717, 1.165) is 16.8 Å². The number of sulfonamides is 1. The van der Waals surface area contributed by atoms with Gasteiger partial charge in [-0.25, -0.2) is 23.1 Å². The Kier molecular flexibility index (Phi) is 5.39. The van der Waals surface area contributed by atoms with Crippen molar-refractivity contribution < 1.29 is 13.5 Å². The van der Waals surface area contributed by atoms with E-state index >= 15 is 0 Å². The minimum atomic E-state index is -3.46. The normalized spacial score (nSPS) is 11.6. The summed E-state index contributed by atoms with van der Waals surface area (Å²) >= 11 is 0. The largest absolute Gasteiger partial charge is 0.508 e. The number of aromatic hydroxyl groups is 1. The molecule has 0 aliphatic rings. The lowest BCUT2D eigenvalue weighted by atomic mass is 10.1. The molecule has 0 spiro atoms. The molecule has 2 aromatic carbocycles. The van der Waals surface area contributed by atoms with Gasteiger partial charge in [0.15, 0.2) is 11.5 Å². The number of hydrogen-bond donors (Lipinski definition) is 3. The van der Waals surface area contributed by atoms with E-state index in [1.165, 1.54) is 0 Å². The molecule has 3 N–H and O–H groups in total. The second-order valence-corrected chi connectivity index (χ2v) is 8.43. The van der Waals surface area contributed by atoms with Crippen LogP contribution in [0.15, 0.2) is 72.0 Å². The van der Waals surface area contributed by atoms with Gasteiger partial charge in [0.1, 0.15) is 5.75 Å². The molecule has 8 nitrogen and oxygen atoms in total. The molecule has 30 heavy (non-hydrogen) atoms. The van der Waals surface area contributed by atoms with Crippen LogP contribution in [0, 0.1) is 0 Å². The van der Waals surface area contributed by atoms with Gasteiger partial charge in [-0.1, -0.05) is 19.1 Å². The average molecular weight is 423 g/mol. The summed E-state index contributed by atoms with van der Waals surface area (Å²) in [5.74, 6) is 0.827. The highest BCUT2D eigenvalue weighted by Gasteiger charge is 2.13. The number of nitrogens with zero attached hydrogens (tertiary/aromatic N) is 3. The standard InChI is InChI=1S/C21H21N5O3S/c1-2-25-30(28,29)18-9-3-15(4-10-18)13-23-20-21-24-14-19(26(21)12-11-22-20)16-5-7-17(27)8-6-16/h3-12,14,25,27H,2,13H2,1H3,(H,22,23). The van der Waals surface area contributed by atoms with Gasteiger partial charge in [0.2, 0.25) is 10.0 Å². The zero-order valence-corrected chi connectivity index (χ0v) is 17.1. The van der Waals surface area contributed by atoms with Crippen LogP contribution in [0.5, 0.6) is 5.75 Å². The molecule has 0 bridgehead atoms. The Morgan fingerprint density at radius 3 is 2.47 bits per heavy atom. The summed E-state index contributed by atoms with van der Waals surface area (Å²) in [7, 11) is -3.46. The minimum Gasteiger partial charge on any atom is -0.508 e. The number of nitrogens with one attached hydrogen (secondary N) is 2. The Morgan fingerprint density at radius 2 is 1.77 bits per heavy atom. The lowest BCUT2D eigenvalue weighted by Crippen LogP contribution is -2.23. The summed E-state index contributed by atoms with van der Waals surface area (Å²) in [5.41, 5.74) is 3.40. The minimum absolute atomic E-state index is 0.209. The molecule has 2 heterocycles. The monoisotopic (exact) mass is 423 g/mol. The van der Waals surface area contributed by atoms with Gasteiger partial charge in [-0.2, -0.15) is 0 Å². The fraction of sp³-hybridized carbons (Fsp3) is 0.143. The van der Waals surface area contributed by atoms with Gasteiger partial charge in [-0.05, 0) is 42.0 Å². The number of rotatable bonds is 7. The quantitative estimate of drug-likeness (QED) is 0.422.